The molecule has 12 nitrogen and oxygen atoms in total. The fourth-order valence-electron chi connectivity index (χ4n) is 5.15. The molecule has 3 rings (SSSR count). The third-order valence-corrected chi connectivity index (χ3v) is 7.93. The van der Waals surface area contributed by atoms with E-state index in [9.17, 15) is 24.0 Å². The molecule has 0 aliphatic carbocycles. The molecule has 0 radical (unpaired) electrons. The van der Waals surface area contributed by atoms with Crippen LogP contribution in [0.15, 0.2) is 48.8 Å². The number of hydrogen-bond acceptors (Lipinski definition) is 7. The first kappa shape index (κ1) is 36.0. The smallest absolute Gasteiger partial charge is 0.243 e. The number of rotatable bonds is 9. The molecule has 5 amide bonds. The number of aryl methyl sites for hydroxylation is 1. The van der Waals surface area contributed by atoms with Crippen molar-refractivity contribution in [1.29, 1.82) is 0 Å². The van der Waals surface area contributed by atoms with Crippen molar-refractivity contribution in [2.75, 3.05) is 20.2 Å². The Balaban J connectivity index is 1.92. The number of ether oxygens (including phenoxy) is 1. The molecule has 0 bridgehead atoms. The molecule has 2 heterocycles. The summed E-state index contributed by atoms with van der Waals surface area (Å²) in [5, 5.41) is 11.3. The largest absolute Gasteiger partial charge is 0.497 e. The summed E-state index contributed by atoms with van der Waals surface area (Å²) >= 11 is 0. The minimum absolute atomic E-state index is 0.0383. The van der Waals surface area contributed by atoms with Crippen LogP contribution in [0.25, 0.3) is 0 Å². The molecule has 4 N–H and O–H groups in total. The van der Waals surface area contributed by atoms with Crippen LogP contribution in [0, 0.1) is 11.8 Å². The lowest BCUT2D eigenvalue weighted by Crippen LogP contribution is -2.57. The van der Waals surface area contributed by atoms with Crippen LogP contribution >= 0.6 is 0 Å². The average molecular weight is 637 g/mol. The third kappa shape index (κ3) is 11.1. The first-order valence-corrected chi connectivity index (χ1v) is 15.9. The zero-order valence-electron chi connectivity index (χ0n) is 27.7. The molecule has 1 aromatic carbocycles. The van der Waals surface area contributed by atoms with Crippen LogP contribution in [-0.2, 0) is 36.8 Å². The Kier molecular flexibility index (Phi) is 13.5. The highest BCUT2D eigenvalue weighted by Gasteiger charge is 2.32. The summed E-state index contributed by atoms with van der Waals surface area (Å²) in [6.45, 7) is 9.02. The number of carbonyl (C=O) groups is 5. The molecule has 2 aromatic rings. The Hall–Kier alpha value is -4.48. The van der Waals surface area contributed by atoms with E-state index < -0.39 is 47.8 Å². The lowest BCUT2D eigenvalue weighted by molar-refractivity contribution is -0.138. The Morgan fingerprint density at radius 3 is 2.22 bits per heavy atom. The summed E-state index contributed by atoms with van der Waals surface area (Å²) in [5.74, 6) is -1.70. The SMILES string of the molecule is COc1ccc(C[C@@H]2NC(=O)[C@H](CC(C)C)NC(=O)CN(C(=O)CCc3cccnc3)C[C@H](C(C)C)NC(=O)[C@@H](C)NC2=O)cc1. The van der Waals surface area contributed by atoms with E-state index in [1.54, 1.807) is 56.8 Å². The van der Waals surface area contributed by atoms with Gasteiger partial charge in [-0.15, -0.1) is 0 Å². The summed E-state index contributed by atoms with van der Waals surface area (Å²) < 4.78 is 5.23. The highest BCUT2D eigenvalue weighted by molar-refractivity contribution is 5.95. The number of pyridine rings is 1. The normalized spacial score (nSPS) is 21.9. The average Bonchev–Trinajstić information content (AvgIpc) is 3.02. The van der Waals surface area contributed by atoms with E-state index in [2.05, 4.69) is 26.3 Å². The Labute approximate surface area is 271 Å². The lowest BCUT2D eigenvalue weighted by Gasteiger charge is -2.31. The number of benzene rings is 1. The van der Waals surface area contributed by atoms with Crippen molar-refractivity contribution in [3.8, 4) is 5.75 Å². The van der Waals surface area contributed by atoms with E-state index >= 15 is 0 Å². The predicted molar refractivity (Wildman–Crippen MR) is 174 cm³/mol. The summed E-state index contributed by atoms with van der Waals surface area (Å²) in [7, 11) is 1.56. The summed E-state index contributed by atoms with van der Waals surface area (Å²) in [6.07, 6.45) is 4.37. The number of hydrogen-bond donors (Lipinski definition) is 4. The number of nitrogens with one attached hydrogen (secondary N) is 4. The van der Waals surface area contributed by atoms with Gasteiger partial charge in [-0.2, -0.15) is 0 Å². The van der Waals surface area contributed by atoms with E-state index in [0.29, 0.717) is 18.6 Å². The molecule has 46 heavy (non-hydrogen) atoms. The minimum Gasteiger partial charge on any atom is -0.497 e. The van der Waals surface area contributed by atoms with E-state index in [0.717, 1.165) is 11.1 Å². The van der Waals surface area contributed by atoms with Gasteiger partial charge in [0.15, 0.2) is 0 Å². The number of methoxy groups -OCH3 is 1. The van der Waals surface area contributed by atoms with Gasteiger partial charge in [-0.3, -0.25) is 29.0 Å². The van der Waals surface area contributed by atoms with Crippen LogP contribution in [-0.4, -0.2) is 83.8 Å². The van der Waals surface area contributed by atoms with Gasteiger partial charge in [0.1, 0.15) is 23.9 Å². The molecule has 1 aromatic heterocycles. The molecular weight excluding hydrogens is 588 g/mol. The van der Waals surface area contributed by atoms with Crippen LogP contribution in [0.3, 0.4) is 0 Å². The van der Waals surface area contributed by atoms with Crippen molar-refractivity contribution in [1.82, 2.24) is 31.2 Å². The summed E-state index contributed by atoms with van der Waals surface area (Å²) in [4.78, 5) is 73.0. The number of carbonyl (C=O) groups excluding carboxylic acids is 5. The zero-order chi connectivity index (χ0) is 33.8. The maximum absolute atomic E-state index is 13.7. The van der Waals surface area contributed by atoms with Gasteiger partial charge in [0, 0.05) is 37.8 Å². The first-order chi connectivity index (χ1) is 21.9. The maximum Gasteiger partial charge on any atom is 0.243 e. The zero-order valence-corrected chi connectivity index (χ0v) is 27.7. The molecule has 0 unspecified atom stereocenters. The van der Waals surface area contributed by atoms with Gasteiger partial charge in [-0.1, -0.05) is 45.9 Å². The fourth-order valence-corrected chi connectivity index (χ4v) is 5.15. The molecule has 12 heteroatoms. The van der Waals surface area contributed by atoms with Crippen LogP contribution in [0.5, 0.6) is 5.75 Å². The van der Waals surface area contributed by atoms with Crippen LogP contribution < -0.4 is 26.0 Å². The quantitative estimate of drug-likeness (QED) is 0.327. The topological polar surface area (TPSA) is 159 Å². The second-order valence-corrected chi connectivity index (χ2v) is 12.6. The fraction of sp³-hybridized carbons (Fsp3) is 0.529. The molecular formula is C34H48N6O6. The van der Waals surface area contributed by atoms with Gasteiger partial charge in [0.25, 0.3) is 0 Å². The number of nitrogens with zero attached hydrogens (tertiary/aromatic N) is 2. The van der Waals surface area contributed by atoms with Gasteiger partial charge in [-0.25, -0.2) is 0 Å². The van der Waals surface area contributed by atoms with Crippen molar-refractivity contribution in [2.24, 2.45) is 11.8 Å². The molecule has 1 aliphatic heterocycles. The molecule has 0 spiro atoms. The number of aromatic nitrogens is 1. The summed E-state index contributed by atoms with van der Waals surface area (Å²) in [5.41, 5.74) is 1.65. The van der Waals surface area contributed by atoms with Gasteiger partial charge in [0.2, 0.25) is 29.5 Å². The molecule has 250 valence electrons. The lowest BCUT2D eigenvalue weighted by atomic mass is 10.0. The van der Waals surface area contributed by atoms with Gasteiger partial charge in [0.05, 0.1) is 13.7 Å². The van der Waals surface area contributed by atoms with E-state index in [-0.39, 0.29) is 43.7 Å². The van der Waals surface area contributed by atoms with Crippen molar-refractivity contribution >= 4 is 29.5 Å². The highest BCUT2D eigenvalue weighted by Crippen LogP contribution is 2.15. The van der Waals surface area contributed by atoms with Gasteiger partial charge in [-0.05, 0) is 60.9 Å². The van der Waals surface area contributed by atoms with Gasteiger partial charge >= 0.3 is 0 Å². The standard InChI is InChI=1S/C34H48N6O6/c1-21(2)16-27-34(45)38-28(17-24-9-12-26(46-6)13-10-24)33(44)36-23(5)32(43)39-29(22(3)4)19-40(20-30(41)37-27)31(42)14-11-25-8-7-15-35-18-25/h7-10,12-13,15,18,21-23,27-29H,11,14,16-17,19-20H2,1-6H3,(H,36,44)(H,37,41)(H,38,45)(H,39,43)/t23-,27+,28+,29-/m1/s1. The first-order valence-electron chi connectivity index (χ1n) is 15.9. The van der Waals surface area contributed by atoms with Crippen LogP contribution in [0.2, 0.25) is 0 Å². The molecule has 0 saturated carbocycles. The second kappa shape index (κ2) is 17.3. The highest BCUT2D eigenvalue weighted by atomic mass is 16.5. The van der Waals surface area contributed by atoms with Crippen molar-refractivity contribution < 1.29 is 28.7 Å². The van der Waals surface area contributed by atoms with Crippen LogP contribution in [0.4, 0.5) is 0 Å². The minimum atomic E-state index is -1.03. The Bertz CT molecular complexity index is 1330. The molecule has 1 aliphatic rings. The molecule has 4 atom stereocenters. The van der Waals surface area contributed by atoms with Crippen LogP contribution in [0.1, 0.15) is 58.6 Å². The maximum atomic E-state index is 13.7. The Morgan fingerprint density at radius 1 is 0.913 bits per heavy atom. The van der Waals surface area contributed by atoms with E-state index in [4.69, 9.17) is 4.74 Å². The number of amides is 5. The Morgan fingerprint density at radius 2 is 1.61 bits per heavy atom. The van der Waals surface area contributed by atoms with Crippen molar-refractivity contribution in [2.45, 2.75) is 84.5 Å². The van der Waals surface area contributed by atoms with Gasteiger partial charge < -0.3 is 30.9 Å². The van der Waals surface area contributed by atoms with Crippen molar-refractivity contribution in [3.63, 3.8) is 0 Å². The van der Waals surface area contributed by atoms with E-state index in [1.165, 1.54) is 4.90 Å². The van der Waals surface area contributed by atoms with Crippen molar-refractivity contribution in [3.05, 3.63) is 59.9 Å². The summed E-state index contributed by atoms with van der Waals surface area (Å²) in [6, 6.07) is 7.36. The third-order valence-electron chi connectivity index (χ3n) is 7.93. The molecule has 1 fully saturated rings. The molecule has 1 saturated heterocycles. The predicted octanol–water partition coefficient (Wildman–Crippen LogP) is 1.77. The van der Waals surface area contributed by atoms with E-state index in [1.807, 2.05) is 33.8 Å². The monoisotopic (exact) mass is 636 g/mol. The second-order valence-electron chi connectivity index (χ2n) is 12.6.